The van der Waals surface area contributed by atoms with Crippen LogP contribution in [-0.4, -0.2) is 32.0 Å². The Labute approximate surface area is 235 Å². The van der Waals surface area contributed by atoms with Gasteiger partial charge in [0.1, 0.15) is 6.61 Å². The van der Waals surface area contributed by atoms with Gasteiger partial charge in [-0.3, -0.25) is 0 Å². The van der Waals surface area contributed by atoms with Crippen molar-refractivity contribution in [2.24, 2.45) is 52.3 Å². The molecule has 4 aliphatic rings. The van der Waals surface area contributed by atoms with Crippen molar-refractivity contribution in [2.45, 2.75) is 138 Å². The Kier molecular flexibility index (Phi) is 10.5. The number of carbonyl (C=O) groups is 1. The van der Waals surface area contributed by atoms with Gasteiger partial charge in [0, 0.05) is 6.54 Å². The molecule has 1 amide bonds. The zero-order valence-electron chi connectivity index (χ0n) is 25.9. The zero-order valence-corrected chi connectivity index (χ0v) is 25.9. The van der Waals surface area contributed by atoms with Crippen molar-refractivity contribution in [3.63, 3.8) is 0 Å². The van der Waals surface area contributed by atoms with Gasteiger partial charge < -0.3 is 14.8 Å². The van der Waals surface area contributed by atoms with Crippen LogP contribution in [0.1, 0.15) is 131 Å². The quantitative estimate of drug-likeness (QED) is 0.256. The minimum atomic E-state index is -0.306. The van der Waals surface area contributed by atoms with E-state index in [2.05, 4.69) is 46.9 Å². The number of fused-ring (bicyclic) bond motifs is 5. The lowest BCUT2D eigenvalue weighted by molar-refractivity contribution is -0.138. The second kappa shape index (κ2) is 13.3. The fourth-order valence-corrected chi connectivity index (χ4v) is 10.2. The molecule has 38 heavy (non-hydrogen) atoms. The largest absolute Gasteiger partial charge is 0.447 e. The molecular weight excluding hydrogens is 470 g/mol. The van der Waals surface area contributed by atoms with Gasteiger partial charge in [-0.05, 0) is 116 Å². The maximum atomic E-state index is 11.8. The minimum absolute atomic E-state index is 0.306. The van der Waals surface area contributed by atoms with Crippen molar-refractivity contribution in [2.75, 3.05) is 19.8 Å². The summed E-state index contributed by atoms with van der Waals surface area (Å²) in [6, 6.07) is 0. The number of carbonyl (C=O) groups excluding carboxylic acids is 1. The van der Waals surface area contributed by atoms with Gasteiger partial charge in [-0.15, -0.1) is 0 Å². The van der Waals surface area contributed by atoms with E-state index in [1.807, 2.05) is 0 Å². The summed E-state index contributed by atoms with van der Waals surface area (Å²) in [6.45, 7) is 16.4. The van der Waals surface area contributed by atoms with E-state index in [0.29, 0.717) is 36.7 Å². The molecule has 0 bridgehead atoms. The van der Waals surface area contributed by atoms with Gasteiger partial charge in [-0.25, -0.2) is 4.79 Å². The monoisotopic (exact) mass is 531 g/mol. The zero-order chi connectivity index (χ0) is 27.3. The number of amides is 1. The summed E-state index contributed by atoms with van der Waals surface area (Å²) >= 11 is 0. The second-order valence-electron chi connectivity index (χ2n) is 14.9. The topological polar surface area (TPSA) is 47.6 Å². The smallest absolute Gasteiger partial charge is 0.407 e. The predicted molar refractivity (Wildman–Crippen MR) is 157 cm³/mol. The summed E-state index contributed by atoms with van der Waals surface area (Å²) in [7, 11) is 0. The number of unbranched alkanes of at least 4 members (excludes halogenated alkanes) is 1. The van der Waals surface area contributed by atoms with Gasteiger partial charge in [0.15, 0.2) is 0 Å². The summed E-state index contributed by atoms with van der Waals surface area (Å²) in [5, 5.41) is 2.81. The predicted octanol–water partition coefficient (Wildman–Crippen LogP) is 9.02. The highest BCUT2D eigenvalue weighted by Crippen LogP contribution is 2.68. The van der Waals surface area contributed by atoms with Gasteiger partial charge >= 0.3 is 6.09 Å². The van der Waals surface area contributed by atoms with Gasteiger partial charge in [0.25, 0.3) is 0 Å². The number of nitrogens with one attached hydrogen (secondary N) is 1. The third-order valence-electron chi connectivity index (χ3n) is 12.3. The molecule has 220 valence electrons. The van der Waals surface area contributed by atoms with Crippen molar-refractivity contribution >= 4 is 6.09 Å². The summed E-state index contributed by atoms with van der Waals surface area (Å²) in [5.74, 6) is 6.34. The normalized spacial score (nSPS) is 39.2. The maximum Gasteiger partial charge on any atom is 0.407 e. The maximum absolute atomic E-state index is 11.8. The third-order valence-corrected chi connectivity index (χ3v) is 12.3. The fourth-order valence-electron chi connectivity index (χ4n) is 10.2. The molecule has 0 unspecified atom stereocenters. The van der Waals surface area contributed by atoms with Crippen molar-refractivity contribution in [1.82, 2.24) is 5.32 Å². The van der Waals surface area contributed by atoms with Crippen molar-refractivity contribution < 1.29 is 14.3 Å². The van der Waals surface area contributed by atoms with Crippen LogP contribution >= 0.6 is 0 Å². The standard InChI is InChI=1S/C34H61NO3/c1-7-8-20-35-32(36)38-22-21-37-27-16-18-33(5)26(23-27)12-13-28-30-15-14-29(25(4)11-9-10-24(2)3)34(30,6)19-17-31(28)33/h24-31H,7-23H2,1-6H3,(H,35,36)/t25-,26+,27-,28-,29+,30-,31-,33-,34+/m0/s1. The highest BCUT2D eigenvalue weighted by Gasteiger charge is 2.60. The summed E-state index contributed by atoms with van der Waals surface area (Å²) in [4.78, 5) is 11.8. The van der Waals surface area contributed by atoms with Crippen LogP contribution in [0.15, 0.2) is 0 Å². The molecule has 9 atom stereocenters. The Morgan fingerprint density at radius 3 is 2.42 bits per heavy atom. The average molecular weight is 532 g/mol. The number of hydrogen-bond donors (Lipinski definition) is 1. The minimum Gasteiger partial charge on any atom is -0.447 e. The molecule has 0 saturated heterocycles. The molecular formula is C34H61NO3. The molecule has 4 aliphatic carbocycles. The van der Waals surface area contributed by atoms with E-state index in [1.54, 1.807) is 0 Å². The molecule has 0 spiro atoms. The fraction of sp³-hybridized carbons (Fsp3) is 0.971. The van der Waals surface area contributed by atoms with Crippen LogP contribution in [0.5, 0.6) is 0 Å². The molecule has 0 radical (unpaired) electrons. The van der Waals surface area contributed by atoms with E-state index < -0.39 is 0 Å². The van der Waals surface area contributed by atoms with Crippen LogP contribution in [0.2, 0.25) is 0 Å². The first-order chi connectivity index (χ1) is 18.2. The molecule has 1 N–H and O–H groups in total. The number of alkyl carbamates (subject to hydrolysis) is 1. The van der Waals surface area contributed by atoms with Crippen molar-refractivity contribution in [1.29, 1.82) is 0 Å². The number of hydrogen-bond acceptors (Lipinski definition) is 3. The van der Waals surface area contributed by atoms with Crippen LogP contribution in [0.3, 0.4) is 0 Å². The van der Waals surface area contributed by atoms with E-state index >= 15 is 0 Å². The SMILES string of the molecule is CCCCNC(=O)OCCO[C@H]1CC[C@@]2(C)[C@H](CC[C@@H]3[C@@H]2CC[C@]2(C)[C@@H]([C@@H](C)CCCC(C)C)CC[C@@H]32)C1. The highest BCUT2D eigenvalue weighted by atomic mass is 16.6. The Balaban J connectivity index is 1.26. The summed E-state index contributed by atoms with van der Waals surface area (Å²) < 4.78 is 11.6. The van der Waals surface area contributed by atoms with E-state index in [0.717, 1.165) is 54.3 Å². The number of rotatable bonds is 12. The van der Waals surface area contributed by atoms with Crippen LogP contribution in [0, 0.1) is 52.3 Å². The first-order valence-corrected chi connectivity index (χ1v) is 16.7. The molecule has 4 fully saturated rings. The van der Waals surface area contributed by atoms with E-state index in [9.17, 15) is 4.79 Å². The first kappa shape index (κ1) is 30.2. The van der Waals surface area contributed by atoms with Crippen molar-refractivity contribution in [3.8, 4) is 0 Å². The van der Waals surface area contributed by atoms with E-state index in [4.69, 9.17) is 9.47 Å². The van der Waals surface area contributed by atoms with Crippen LogP contribution in [0.4, 0.5) is 4.79 Å². The van der Waals surface area contributed by atoms with Gasteiger partial charge in [0.2, 0.25) is 0 Å². The molecule has 0 heterocycles. The van der Waals surface area contributed by atoms with Gasteiger partial charge in [-0.1, -0.05) is 67.2 Å². The van der Waals surface area contributed by atoms with E-state index in [-0.39, 0.29) is 6.09 Å². The molecule has 0 aromatic heterocycles. The van der Waals surface area contributed by atoms with Gasteiger partial charge in [0.05, 0.1) is 12.7 Å². The molecule has 4 saturated carbocycles. The Hall–Kier alpha value is -0.770. The van der Waals surface area contributed by atoms with Crippen LogP contribution < -0.4 is 5.32 Å². The molecule has 4 rings (SSSR count). The lowest BCUT2D eigenvalue weighted by Crippen LogP contribution is -2.54. The highest BCUT2D eigenvalue weighted by molar-refractivity contribution is 5.66. The Morgan fingerprint density at radius 1 is 0.895 bits per heavy atom. The first-order valence-electron chi connectivity index (χ1n) is 16.7. The molecule has 4 heteroatoms. The van der Waals surface area contributed by atoms with Crippen LogP contribution in [-0.2, 0) is 9.47 Å². The van der Waals surface area contributed by atoms with Gasteiger partial charge in [-0.2, -0.15) is 0 Å². The van der Waals surface area contributed by atoms with E-state index in [1.165, 1.54) is 77.0 Å². The Morgan fingerprint density at radius 2 is 1.66 bits per heavy atom. The Bertz CT molecular complexity index is 754. The molecule has 0 aromatic carbocycles. The molecule has 4 nitrogen and oxygen atoms in total. The summed E-state index contributed by atoms with van der Waals surface area (Å²) in [5.41, 5.74) is 1.09. The number of ether oxygens (including phenoxy) is 2. The molecule has 0 aromatic rings. The lowest BCUT2D eigenvalue weighted by Gasteiger charge is -2.61. The molecule has 0 aliphatic heterocycles. The second-order valence-corrected chi connectivity index (χ2v) is 14.9. The van der Waals surface area contributed by atoms with Crippen molar-refractivity contribution in [3.05, 3.63) is 0 Å². The lowest BCUT2D eigenvalue weighted by atomic mass is 9.44. The average Bonchev–Trinajstić information content (AvgIpc) is 3.24. The van der Waals surface area contributed by atoms with Crippen LogP contribution in [0.25, 0.3) is 0 Å². The summed E-state index contributed by atoms with van der Waals surface area (Å²) in [6.07, 6.45) is 18.8. The third kappa shape index (κ3) is 6.58.